The first-order valence-corrected chi connectivity index (χ1v) is 11.7. The number of benzene rings is 3. The summed E-state index contributed by atoms with van der Waals surface area (Å²) in [5.74, 6) is 0.434. The third kappa shape index (κ3) is 3.72. The second kappa shape index (κ2) is 8.35. The van der Waals surface area contributed by atoms with Crippen LogP contribution in [0.5, 0.6) is 5.75 Å². The van der Waals surface area contributed by atoms with Gasteiger partial charge in [-0.15, -0.1) is 0 Å². The van der Waals surface area contributed by atoms with E-state index in [4.69, 9.17) is 4.74 Å². The molecule has 1 aliphatic rings. The number of ether oxygens (including phenoxy) is 1. The van der Waals surface area contributed by atoms with Gasteiger partial charge >= 0.3 is 0 Å². The number of amides is 1. The number of likely N-dealkylation sites (N-methyl/N-ethyl adjacent to an activating group) is 1. The summed E-state index contributed by atoms with van der Waals surface area (Å²) in [6.45, 7) is 1.34. The van der Waals surface area contributed by atoms with Gasteiger partial charge in [-0.05, 0) is 41.6 Å². The molecule has 1 aliphatic heterocycles. The van der Waals surface area contributed by atoms with Crippen molar-refractivity contribution in [3.8, 4) is 17.0 Å². The Morgan fingerprint density at radius 3 is 2.50 bits per heavy atom. The van der Waals surface area contributed by atoms with Crippen LogP contribution < -0.4 is 15.6 Å². The van der Waals surface area contributed by atoms with Gasteiger partial charge in [-0.1, -0.05) is 48.5 Å². The van der Waals surface area contributed by atoms with Crippen LogP contribution in [0.15, 0.2) is 83.8 Å². The fourth-order valence-electron chi connectivity index (χ4n) is 5.02. The van der Waals surface area contributed by atoms with Crippen LogP contribution in [-0.2, 0) is 5.54 Å². The minimum Gasteiger partial charge on any atom is -0.497 e. The molecule has 0 spiro atoms. The number of nitrogens with one attached hydrogen (secondary N) is 2. The van der Waals surface area contributed by atoms with E-state index in [1.165, 1.54) is 10.6 Å². The summed E-state index contributed by atoms with van der Waals surface area (Å²) >= 11 is 0. The van der Waals surface area contributed by atoms with Gasteiger partial charge in [0.15, 0.2) is 5.69 Å². The van der Waals surface area contributed by atoms with Gasteiger partial charge in [-0.2, -0.15) is 5.10 Å². The highest BCUT2D eigenvalue weighted by molar-refractivity contribution is 5.94. The molecule has 0 unspecified atom stereocenters. The fourth-order valence-corrected chi connectivity index (χ4v) is 5.02. The van der Waals surface area contributed by atoms with Crippen molar-refractivity contribution in [2.45, 2.75) is 5.54 Å². The number of likely N-dealkylation sites (tertiary alicyclic amines) is 1. The third-order valence-corrected chi connectivity index (χ3v) is 6.84. The lowest BCUT2D eigenvalue weighted by molar-refractivity contribution is 0.0508. The normalized spacial score (nSPS) is 15.1. The molecule has 8 nitrogen and oxygen atoms in total. The number of methoxy groups -OCH3 is 1. The maximum absolute atomic E-state index is 13.3. The summed E-state index contributed by atoms with van der Waals surface area (Å²) in [6, 6.07) is 23.3. The Kier molecular flexibility index (Phi) is 5.12. The molecule has 2 N–H and O–H groups in total. The first-order valence-electron chi connectivity index (χ1n) is 11.7. The Morgan fingerprint density at radius 2 is 1.78 bits per heavy atom. The van der Waals surface area contributed by atoms with E-state index < -0.39 is 5.54 Å². The molecule has 3 heterocycles. The number of aromatic amines is 1. The monoisotopic (exact) mass is 479 g/mol. The van der Waals surface area contributed by atoms with Gasteiger partial charge in [0, 0.05) is 24.7 Å². The van der Waals surface area contributed by atoms with Crippen LogP contribution in [0.2, 0.25) is 0 Å². The first kappa shape index (κ1) is 22.1. The third-order valence-electron chi connectivity index (χ3n) is 6.84. The minimum absolute atomic E-state index is 0.193. The molecule has 3 aromatic carbocycles. The van der Waals surface area contributed by atoms with Crippen LogP contribution in [0.3, 0.4) is 0 Å². The highest BCUT2D eigenvalue weighted by Crippen LogP contribution is 2.32. The van der Waals surface area contributed by atoms with E-state index in [1.807, 2.05) is 73.8 Å². The summed E-state index contributed by atoms with van der Waals surface area (Å²) in [5, 5.41) is 9.82. The number of aromatic nitrogens is 3. The average molecular weight is 480 g/mol. The second-order valence-electron chi connectivity index (χ2n) is 9.36. The minimum atomic E-state index is -0.531. The molecule has 2 aromatic heterocycles. The summed E-state index contributed by atoms with van der Waals surface area (Å²) in [5.41, 5.74) is 2.16. The Morgan fingerprint density at radius 1 is 1.03 bits per heavy atom. The van der Waals surface area contributed by atoms with Gasteiger partial charge in [0.1, 0.15) is 11.3 Å². The van der Waals surface area contributed by atoms with Gasteiger partial charge in [0.2, 0.25) is 0 Å². The number of H-pyrrole nitrogens is 1. The Labute approximate surface area is 207 Å². The van der Waals surface area contributed by atoms with E-state index in [2.05, 4.69) is 20.3 Å². The molecule has 0 saturated carbocycles. The molecular formula is C28H25N5O3. The summed E-state index contributed by atoms with van der Waals surface area (Å²) in [6.07, 6.45) is 1.74. The van der Waals surface area contributed by atoms with Crippen LogP contribution in [0.25, 0.3) is 27.5 Å². The summed E-state index contributed by atoms with van der Waals surface area (Å²) < 4.78 is 6.75. The van der Waals surface area contributed by atoms with Crippen LogP contribution in [0.4, 0.5) is 0 Å². The first-order chi connectivity index (χ1) is 17.4. The molecular weight excluding hydrogens is 454 g/mol. The van der Waals surface area contributed by atoms with Crippen LogP contribution in [-0.4, -0.2) is 52.7 Å². The van der Waals surface area contributed by atoms with Crippen molar-refractivity contribution >= 4 is 22.2 Å². The van der Waals surface area contributed by atoms with E-state index >= 15 is 0 Å². The molecule has 1 amide bonds. The van der Waals surface area contributed by atoms with Crippen LogP contribution in [0, 0.1) is 0 Å². The molecule has 0 aliphatic carbocycles. The Bertz CT molecular complexity index is 1660. The topological polar surface area (TPSA) is 91.7 Å². The number of carbonyl (C=O) groups excluding carboxylic acids is 1. The van der Waals surface area contributed by atoms with E-state index in [0.717, 1.165) is 27.6 Å². The number of fused-ring (bicyclic) bond motifs is 2. The van der Waals surface area contributed by atoms with E-state index in [0.29, 0.717) is 24.3 Å². The number of rotatable bonds is 5. The largest absolute Gasteiger partial charge is 0.497 e. The van der Waals surface area contributed by atoms with Gasteiger partial charge in [0.25, 0.3) is 11.5 Å². The van der Waals surface area contributed by atoms with Gasteiger partial charge in [0.05, 0.1) is 24.5 Å². The van der Waals surface area contributed by atoms with Gasteiger partial charge in [-0.25, -0.2) is 4.52 Å². The SMILES string of the molecule is COc1ccc(C2(NC(=O)c3cc4c(=O)[nH]c(-c5ccc6ccccc6c5)cn4n3)CN(C)C2)cc1. The molecule has 6 rings (SSSR count). The molecule has 180 valence electrons. The summed E-state index contributed by atoms with van der Waals surface area (Å²) in [7, 11) is 3.63. The standard InChI is InChI=1S/C28H25N5O3/c1-32-16-28(17-32,21-9-11-22(36-2)12-10-21)30-26(34)23-14-25-27(35)29-24(15-33(25)31-23)20-8-7-18-5-3-4-6-19(18)13-20/h3-15H,16-17H2,1-2H3,(H,29,35)(H,30,34). The van der Waals surface area contributed by atoms with Crippen molar-refractivity contribution < 1.29 is 9.53 Å². The second-order valence-corrected chi connectivity index (χ2v) is 9.36. The quantitative estimate of drug-likeness (QED) is 0.403. The van der Waals surface area contributed by atoms with Crippen molar-refractivity contribution in [2.75, 3.05) is 27.2 Å². The smallest absolute Gasteiger partial charge is 0.274 e. The van der Waals surface area contributed by atoms with E-state index in [-0.39, 0.29) is 17.2 Å². The lowest BCUT2D eigenvalue weighted by Crippen LogP contribution is -2.66. The Hall–Kier alpha value is -4.43. The molecule has 1 saturated heterocycles. The van der Waals surface area contributed by atoms with Crippen molar-refractivity contribution in [2.24, 2.45) is 0 Å². The van der Waals surface area contributed by atoms with Crippen molar-refractivity contribution in [3.05, 3.63) is 101 Å². The zero-order valence-corrected chi connectivity index (χ0v) is 20.0. The van der Waals surface area contributed by atoms with Gasteiger partial charge < -0.3 is 19.9 Å². The van der Waals surface area contributed by atoms with Crippen molar-refractivity contribution in [1.82, 2.24) is 24.8 Å². The molecule has 1 fully saturated rings. The predicted octanol–water partition coefficient (Wildman–Crippen LogP) is 3.42. The maximum Gasteiger partial charge on any atom is 0.274 e. The molecule has 5 aromatic rings. The highest BCUT2D eigenvalue weighted by Gasteiger charge is 2.44. The lowest BCUT2D eigenvalue weighted by Gasteiger charge is -2.49. The average Bonchev–Trinajstić information content (AvgIpc) is 3.32. The van der Waals surface area contributed by atoms with E-state index in [9.17, 15) is 9.59 Å². The fraction of sp³-hybridized carbons (Fsp3) is 0.179. The zero-order valence-electron chi connectivity index (χ0n) is 20.0. The predicted molar refractivity (Wildman–Crippen MR) is 138 cm³/mol. The van der Waals surface area contributed by atoms with Crippen molar-refractivity contribution in [3.63, 3.8) is 0 Å². The maximum atomic E-state index is 13.3. The number of hydrogen-bond donors (Lipinski definition) is 2. The lowest BCUT2D eigenvalue weighted by atomic mass is 9.82. The number of carbonyl (C=O) groups is 1. The molecule has 0 radical (unpaired) electrons. The van der Waals surface area contributed by atoms with Crippen molar-refractivity contribution in [1.29, 1.82) is 0 Å². The molecule has 36 heavy (non-hydrogen) atoms. The number of nitrogens with zero attached hydrogens (tertiary/aromatic N) is 3. The Balaban J connectivity index is 1.32. The highest BCUT2D eigenvalue weighted by atomic mass is 16.5. The molecule has 0 atom stereocenters. The van der Waals surface area contributed by atoms with Crippen LogP contribution in [0.1, 0.15) is 16.1 Å². The van der Waals surface area contributed by atoms with Crippen LogP contribution >= 0.6 is 0 Å². The number of hydrogen-bond acceptors (Lipinski definition) is 5. The molecule has 8 heteroatoms. The van der Waals surface area contributed by atoms with E-state index in [1.54, 1.807) is 13.3 Å². The molecule has 0 bridgehead atoms. The zero-order chi connectivity index (χ0) is 24.9. The van der Waals surface area contributed by atoms with Gasteiger partial charge in [-0.3, -0.25) is 9.59 Å². The summed E-state index contributed by atoms with van der Waals surface area (Å²) in [4.78, 5) is 31.2.